The van der Waals surface area contributed by atoms with Crippen LogP contribution in [0.4, 0.5) is 0 Å². The van der Waals surface area contributed by atoms with Gasteiger partial charge in [-0.25, -0.2) is 0 Å². The van der Waals surface area contributed by atoms with Gasteiger partial charge < -0.3 is 14.4 Å². The Morgan fingerprint density at radius 3 is 2.90 bits per heavy atom. The molecule has 1 aromatic carbocycles. The molecule has 2 aromatic heterocycles. The minimum Gasteiger partial charge on any atom is -0.493 e. The Morgan fingerprint density at radius 1 is 1.24 bits per heavy atom. The summed E-state index contributed by atoms with van der Waals surface area (Å²) in [5.41, 5.74) is 2.65. The summed E-state index contributed by atoms with van der Waals surface area (Å²) in [6.45, 7) is 1.94. The average molecular weight is 392 g/mol. The summed E-state index contributed by atoms with van der Waals surface area (Å²) in [6.07, 6.45) is 4.92. The Balaban J connectivity index is 1.31. The molecule has 1 fully saturated rings. The van der Waals surface area contributed by atoms with Crippen molar-refractivity contribution in [1.29, 1.82) is 0 Å². The molecule has 1 atom stereocenters. The molecule has 7 nitrogen and oxygen atoms in total. The van der Waals surface area contributed by atoms with Crippen molar-refractivity contribution < 1.29 is 14.3 Å². The summed E-state index contributed by atoms with van der Waals surface area (Å²) in [5, 5.41) is 7.57. The van der Waals surface area contributed by atoms with Crippen LogP contribution in [-0.4, -0.2) is 52.8 Å². The van der Waals surface area contributed by atoms with Crippen LogP contribution in [-0.2, 0) is 6.42 Å². The normalized spacial score (nSPS) is 16.0. The predicted molar refractivity (Wildman–Crippen MR) is 108 cm³/mol. The molecule has 0 saturated carbocycles. The summed E-state index contributed by atoms with van der Waals surface area (Å²) >= 11 is 0. The zero-order chi connectivity index (χ0) is 20.1. The molecule has 1 N–H and O–H groups in total. The number of benzene rings is 1. The van der Waals surface area contributed by atoms with E-state index in [1.54, 1.807) is 31.6 Å². The third-order valence-corrected chi connectivity index (χ3v) is 5.15. The van der Waals surface area contributed by atoms with Crippen molar-refractivity contribution in [3.8, 4) is 11.5 Å². The van der Waals surface area contributed by atoms with E-state index < -0.39 is 0 Å². The molecule has 150 valence electrons. The van der Waals surface area contributed by atoms with Crippen molar-refractivity contribution >= 4 is 5.91 Å². The van der Waals surface area contributed by atoms with Crippen LogP contribution < -0.4 is 9.47 Å². The molecule has 1 aliphatic rings. The quantitative estimate of drug-likeness (QED) is 0.668. The van der Waals surface area contributed by atoms with Crippen LogP contribution >= 0.6 is 0 Å². The molecular formula is C22H24N4O3. The van der Waals surface area contributed by atoms with Crippen LogP contribution in [0.1, 0.15) is 34.1 Å². The van der Waals surface area contributed by atoms with Crippen molar-refractivity contribution in [3.05, 3.63) is 71.8 Å². The van der Waals surface area contributed by atoms with E-state index in [0.29, 0.717) is 18.7 Å². The minimum absolute atomic E-state index is 0.0292. The van der Waals surface area contributed by atoms with E-state index in [-0.39, 0.29) is 11.8 Å². The summed E-state index contributed by atoms with van der Waals surface area (Å²) < 4.78 is 11.1. The fraction of sp³-hybridized carbons (Fsp3) is 0.318. The molecule has 3 heterocycles. The Bertz CT molecular complexity index is 957. The van der Waals surface area contributed by atoms with Crippen LogP contribution in [0.3, 0.4) is 0 Å². The lowest BCUT2D eigenvalue weighted by Crippen LogP contribution is -2.28. The molecule has 4 rings (SSSR count). The molecule has 3 aromatic rings. The van der Waals surface area contributed by atoms with Crippen LogP contribution in [0, 0.1) is 0 Å². The molecule has 0 spiro atoms. The van der Waals surface area contributed by atoms with Crippen molar-refractivity contribution in [2.24, 2.45) is 0 Å². The third kappa shape index (κ3) is 4.39. The summed E-state index contributed by atoms with van der Waals surface area (Å²) in [5.74, 6) is 1.73. The second-order valence-corrected chi connectivity index (χ2v) is 7.05. The smallest absolute Gasteiger partial charge is 0.255 e. The van der Waals surface area contributed by atoms with E-state index >= 15 is 0 Å². The number of hydrogen-bond acceptors (Lipinski definition) is 5. The Labute approximate surface area is 169 Å². The molecular weight excluding hydrogens is 368 g/mol. The van der Waals surface area contributed by atoms with Gasteiger partial charge in [0.2, 0.25) is 0 Å². The van der Waals surface area contributed by atoms with Crippen LogP contribution in [0.5, 0.6) is 11.5 Å². The molecule has 0 radical (unpaired) electrons. The Morgan fingerprint density at radius 2 is 2.10 bits per heavy atom. The first-order valence-electron chi connectivity index (χ1n) is 9.74. The number of aromatic nitrogens is 3. The highest BCUT2D eigenvalue weighted by molar-refractivity contribution is 5.94. The third-order valence-electron chi connectivity index (χ3n) is 5.15. The fourth-order valence-electron chi connectivity index (χ4n) is 3.58. The van der Waals surface area contributed by atoms with Gasteiger partial charge in [-0.2, -0.15) is 5.10 Å². The number of rotatable bonds is 7. The summed E-state index contributed by atoms with van der Waals surface area (Å²) in [4.78, 5) is 18.5. The number of H-pyrrole nitrogens is 1. The monoisotopic (exact) mass is 392 g/mol. The molecule has 1 aliphatic heterocycles. The number of hydrogen-bond donors (Lipinski definition) is 1. The number of para-hydroxylation sites is 2. The molecule has 1 saturated heterocycles. The maximum atomic E-state index is 12.6. The molecule has 1 amide bonds. The van der Waals surface area contributed by atoms with Gasteiger partial charge in [0.1, 0.15) is 0 Å². The minimum atomic E-state index is 0.0292. The Hall–Kier alpha value is -3.35. The largest absolute Gasteiger partial charge is 0.493 e. The van der Waals surface area contributed by atoms with Crippen LogP contribution in [0.2, 0.25) is 0 Å². The van der Waals surface area contributed by atoms with Gasteiger partial charge in [0.15, 0.2) is 11.5 Å². The number of pyridine rings is 1. The zero-order valence-electron chi connectivity index (χ0n) is 16.4. The number of amides is 1. The maximum absolute atomic E-state index is 12.6. The van der Waals surface area contributed by atoms with E-state index in [4.69, 9.17) is 9.47 Å². The fourth-order valence-corrected chi connectivity index (χ4v) is 3.58. The van der Waals surface area contributed by atoms with Crippen molar-refractivity contribution in [1.82, 2.24) is 20.1 Å². The SMILES string of the molecule is COc1ccccc1OCCc1cc(C2CCN(C(=O)c3cccnc3)C2)n[nH]1. The number of carbonyl (C=O) groups excluding carboxylic acids is 1. The van der Waals surface area contributed by atoms with Crippen molar-refractivity contribution in [3.63, 3.8) is 0 Å². The van der Waals surface area contributed by atoms with Gasteiger partial charge in [0, 0.05) is 43.5 Å². The average Bonchev–Trinajstić information content (AvgIpc) is 3.44. The van der Waals surface area contributed by atoms with Gasteiger partial charge in [-0.1, -0.05) is 12.1 Å². The highest BCUT2D eigenvalue weighted by atomic mass is 16.5. The zero-order valence-corrected chi connectivity index (χ0v) is 16.4. The maximum Gasteiger partial charge on any atom is 0.255 e. The predicted octanol–water partition coefficient (Wildman–Crippen LogP) is 3.06. The second kappa shape index (κ2) is 8.77. The molecule has 1 unspecified atom stereocenters. The van der Waals surface area contributed by atoms with E-state index in [2.05, 4.69) is 21.2 Å². The van der Waals surface area contributed by atoms with Crippen molar-refractivity contribution in [2.75, 3.05) is 26.8 Å². The standard InChI is InChI=1S/C22H24N4O3/c1-28-20-6-2-3-7-21(20)29-12-9-18-13-19(25-24-18)17-8-11-26(15-17)22(27)16-5-4-10-23-14-16/h2-7,10,13-14,17H,8-9,11-12,15H2,1H3,(H,24,25). The first-order valence-corrected chi connectivity index (χ1v) is 9.74. The summed E-state index contributed by atoms with van der Waals surface area (Å²) in [7, 11) is 1.63. The number of carbonyl (C=O) groups is 1. The second-order valence-electron chi connectivity index (χ2n) is 7.05. The van der Waals surface area contributed by atoms with E-state index in [9.17, 15) is 4.79 Å². The number of ether oxygens (including phenoxy) is 2. The van der Waals surface area contributed by atoms with Gasteiger partial charge in [-0.3, -0.25) is 14.9 Å². The molecule has 29 heavy (non-hydrogen) atoms. The van der Waals surface area contributed by atoms with Gasteiger partial charge in [0.25, 0.3) is 5.91 Å². The van der Waals surface area contributed by atoms with Gasteiger partial charge in [-0.05, 0) is 36.8 Å². The van der Waals surface area contributed by atoms with E-state index in [0.717, 1.165) is 42.3 Å². The topological polar surface area (TPSA) is 80.3 Å². The Kier molecular flexibility index (Phi) is 5.74. The van der Waals surface area contributed by atoms with Crippen LogP contribution in [0.25, 0.3) is 0 Å². The van der Waals surface area contributed by atoms with Crippen molar-refractivity contribution in [2.45, 2.75) is 18.8 Å². The number of likely N-dealkylation sites (tertiary alicyclic amines) is 1. The lowest BCUT2D eigenvalue weighted by Gasteiger charge is -2.15. The first kappa shape index (κ1) is 19.0. The highest BCUT2D eigenvalue weighted by Gasteiger charge is 2.29. The first-order chi connectivity index (χ1) is 14.2. The molecule has 0 bridgehead atoms. The number of nitrogens with one attached hydrogen (secondary N) is 1. The van der Waals surface area contributed by atoms with Gasteiger partial charge in [-0.15, -0.1) is 0 Å². The van der Waals surface area contributed by atoms with Gasteiger partial charge >= 0.3 is 0 Å². The lowest BCUT2D eigenvalue weighted by atomic mass is 10.0. The molecule has 0 aliphatic carbocycles. The summed E-state index contributed by atoms with van der Waals surface area (Å²) in [6, 6.07) is 13.3. The number of aromatic amines is 1. The number of nitrogens with zero attached hydrogens (tertiary/aromatic N) is 3. The van der Waals surface area contributed by atoms with E-state index in [1.807, 2.05) is 29.2 Å². The van der Waals surface area contributed by atoms with Gasteiger partial charge in [0.05, 0.1) is 25.0 Å². The van der Waals surface area contributed by atoms with Crippen LogP contribution in [0.15, 0.2) is 54.9 Å². The highest BCUT2D eigenvalue weighted by Crippen LogP contribution is 2.28. The van der Waals surface area contributed by atoms with E-state index in [1.165, 1.54) is 0 Å². The number of methoxy groups -OCH3 is 1. The molecule has 7 heteroatoms. The lowest BCUT2D eigenvalue weighted by molar-refractivity contribution is 0.0790.